The normalized spacial score (nSPS) is 20.6. The molecule has 2 atom stereocenters. The lowest BCUT2D eigenvalue weighted by molar-refractivity contribution is -0.143. The molecule has 114 valence electrons. The number of carboxylic acid groups (broad SMARTS) is 1. The minimum absolute atomic E-state index is 0.00860. The van der Waals surface area contributed by atoms with Gasteiger partial charge in [-0.15, -0.1) is 0 Å². The summed E-state index contributed by atoms with van der Waals surface area (Å²) in [6.45, 7) is 4.18. The van der Waals surface area contributed by atoms with Gasteiger partial charge in [0.05, 0.1) is 19.1 Å². The zero-order valence-corrected chi connectivity index (χ0v) is 11.7. The zero-order chi connectivity index (χ0) is 15.3. The van der Waals surface area contributed by atoms with Crippen molar-refractivity contribution in [3.8, 4) is 0 Å². The van der Waals surface area contributed by atoms with Crippen molar-refractivity contribution in [1.82, 2.24) is 10.2 Å². The van der Waals surface area contributed by atoms with E-state index in [9.17, 15) is 14.4 Å². The molecule has 8 heteroatoms. The average molecular weight is 287 g/mol. The van der Waals surface area contributed by atoms with Crippen molar-refractivity contribution in [2.24, 2.45) is 17.6 Å². The van der Waals surface area contributed by atoms with E-state index >= 15 is 0 Å². The van der Waals surface area contributed by atoms with E-state index in [0.717, 1.165) is 0 Å². The number of carbonyl (C=O) groups excluding carboxylic acids is 2. The molecule has 4 N–H and O–H groups in total. The Morgan fingerprint density at radius 1 is 1.45 bits per heavy atom. The molecule has 1 saturated heterocycles. The summed E-state index contributed by atoms with van der Waals surface area (Å²) in [5.74, 6) is -2.39. The summed E-state index contributed by atoms with van der Waals surface area (Å²) in [6, 6.07) is -1.31. The Balaban J connectivity index is 2.60. The molecule has 1 aliphatic heterocycles. The van der Waals surface area contributed by atoms with E-state index < -0.39 is 29.9 Å². The molecule has 0 bridgehead atoms. The Morgan fingerprint density at radius 3 is 2.60 bits per heavy atom. The Hall–Kier alpha value is -1.83. The molecule has 1 heterocycles. The second-order valence-corrected chi connectivity index (χ2v) is 5.06. The summed E-state index contributed by atoms with van der Waals surface area (Å²) in [6.07, 6.45) is 0. The number of hydrogen-bond acceptors (Lipinski definition) is 4. The molecule has 0 radical (unpaired) electrons. The zero-order valence-electron chi connectivity index (χ0n) is 11.7. The first-order valence-corrected chi connectivity index (χ1v) is 6.49. The number of carbonyl (C=O) groups is 3. The van der Waals surface area contributed by atoms with E-state index in [4.69, 9.17) is 15.6 Å². The van der Waals surface area contributed by atoms with Gasteiger partial charge in [0.1, 0.15) is 6.04 Å². The van der Waals surface area contributed by atoms with Gasteiger partial charge in [-0.2, -0.15) is 0 Å². The fraction of sp³-hybridized carbons (Fsp3) is 0.750. The molecular formula is C12H21N3O5. The van der Waals surface area contributed by atoms with Crippen molar-refractivity contribution >= 4 is 17.9 Å². The summed E-state index contributed by atoms with van der Waals surface area (Å²) in [5.41, 5.74) is 5.21. The molecule has 0 aromatic carbocycles. The number of ether oxygens (including phenoxy) is 1. The Morgan fingerprint density at radius 2 is 2.10 bits per heavy atom. The molecule has 20 heavy (non-hydrogen) atoms. The Labute approximate surface area is 117 Å². The highest BCUT2D eigenvalue weighted by Crippen LogP contribution is 2.11. The first-order valence-electron chi connectivity index (χ1n) is 6.49. The Bertz CT molecular complexity index is 385. The largest absolute Gasteiger partial charge is 0.481 e. The van der Waals surface area contributed by atoms with Crippen LogP contribution in [0.2, 0.25) is 0 Å². The SMILES string of the molecule is CC(C)C(CNC(=O)N1CCOCC1C(N)=O)C(=O)O. The van der Waals surface area contributed by atoms with Gasteiger partial charge in [-0.25, -0.2) is 4.79 Å². The van der Waals surface area contributed by atoms with Crippen molar-refractivity contribution in [1.29, 1.82) is 0 Å². The van der Waals surface area contributed by atoms with Crippen LogP contribution in [0.3, 0.4) is 0 Å². The van der Waals surface area contributed by atoms with Crippen LogP contribution < -0.4 is 11.1 Å². The molecule has 0 aromatic rings. The van der Waals surface area contributed by atoms with E-state index in [0.29, 0.717) is 6.61 Å². The molecule has 0 aromatic heterocycles. The van der Waals surface area contributed by atoms with E-state index in [-0.39, 0.29) is 25.6 Å². The number of hydrogen-bond donors (Lipinski definition) is 3. The molecule has 8 nitrogen and oxygen atoms in total. The van der Waals surface area contributed by atoms with Crippen LogP contribution in [0, 0.1) is 11.8 Å². The van der Waals surface area contributed by atoms with E-state index in [1.54, 1.807) is 13.8 Å². The van der Waals surface area contributed by atoms with Crippen LogP contribution in [0.4, 0.5) is 4.79 Å². The maximum Gasteiger partial charge on any atom is 0.318 e. The predicted octanol–water partition coefficient (Wildman–Crippen LogP) is -0.761. The van der Waals surface area contributed by atoms with Crippen molar-refractivity contribution in [3.05, 3.63) is 0 Å². The number of primary amides is 1. The molecule has 0 saturated carbocycles. The second-order valence-electron chi connectivity index (χ2n) is 5.06. The number of nitrogens with zero attached hydrogens (tertiary/aromatic N) is 1. The monoisotopic (exact) mass is 287 g/mol. The van der Waals surface area contributed by atoms with Crippen molar-refractivity contribution < 1.29 is 24.2 Å². The van der Waals surface area contributed by atoms with Gasteiger partial charge in [0.15, 0.2) is 0 Å². The lowest BCUT2D eigenvalue weighted by Crippen LogP contribution is -2.58. The van der Waals surface area contributed by atoms with Gasteiger partial charge in [0, 0.05) is 13.1 Å². The summed E-state index contributed by atoms with van der Waals surface area (Å²) in [7, 11) is 0. The molecular weight excluding hydrogens is 266 g/mol. The topological polar surface area (TPSA) is 122 Å². The molecule has 3 amide bonds. The highest BCUT2D eigenvalue weighted by Gasteiger charge is 2.32. The molecule has 1 fully saturated rings. The Kier molecular flexibility index (Phi) is 5.75. The smallest absolute Gasteiger partial charge is 0.318 e. The molecule has 1 aliphatic rings. The number of amides is 3. The highest BCUT2D eigenvalue weighted by molar-refractivity contribution is 5.86. The molecule has 1 rings (SSSR count). The van der Waals surface area contributed by atoms with Gasteiger partial charge < -0.3 is 25.8 Å². The third-order valence-corrected chi connectivity index (χ3v) is 3.31. The maximum atomic E-state index is 12.0. The highest BCUT2D eigenvalue weighted by atomic mass is 16.5. The number of carboxylic acids is 1. The third-order valence-electron chi connectivity index (χ3n) is 3.31. The van der Waals surface area contributed by atoms with Crippen LogP contribution in [0.15, 0.2) is 0 Å². The van der Waals surface area contributed by atoms with E-state index in [1.807, 2.05) is 0 Å². The summed E-state index contributed by atoms with van der Waals surface area (Å²) >= 11 is 0. The lowest BCUT2D eigenvalue weighted by Gasteiger charge is -2.33. The van der Waals surface area contributed by atoms with Gasteiger partial charge in [-0.1, -0.05) is 13.8 Å². The minimum Gasteiger partial charge on any atom is -0.481 e. The third kappa shape index (κ3) is 4.09. The van der Waals surface area contributed by atoms with Gasteiger partial charge >= 0.3 is 12.0 Å². The van der Waals surface area contributed by atoms with Crippen LogP contribution >= 0.6 is 0 Å². The number of rotatable bonds is 5. The van der Waals surface area contributed by atoms with Crippen molar-refractivity contribution in [2.45, 2.75) is 19.9 Å². The van der Waals surface area contributed by atoms with E-state index in [2.05, 4.69) is 5.32 Å². The second kappa shape index (κ2) is 7.09. The standard InChI is InChI=1S/C12H21N3O5/c1-7(2)8(11(17)18)5-14-12(19)15-3-4-20-6-9(15)10(13)16/h7-9H,3-6H2,1-2H3,(H2,13,16)(H,14,19)(H,17,18). The first-order chi connectivity index (χ1) is 9.34. The average Bonchev–Trinajstić information content (AvgIpc) is 2.37. The quantitative estimate of drug-likeness (QED) is 0.613. The number of nitrogens with two attached hydrogens (primary N) is 1. The molecule has 2 unspecified atom stereocenters. The van der Waals surface area contributed by atoms with Gasteiger partial charge in [-0.05, 0) is 5.92 Å². The number of urea groups is 1. The summed E-state index contributed by atoms with van der Waals surface area (Å²) in [5, 5.41) is 11.6. The summed E-state index contributed by atoms with van der Waals surface area (Å²) < 4.78 is 5.11. The van der Waals surface area contributed by atoms with Crippen molar-refractivity contribution in [2.75, 3.05) is 26.3 Å². The maximum absolute atomic E-state index is 12.0. The van der Waals surface area contributed by atoms with Crippen LogP contribution in [-0.2, 0) is 14.3 Å². The van der Waals surface area contributed by atoms with Gasteiger partial charge in [0.25, 0.3) is 0 Å². The fourth-order valence-corrected chi connectivity index (χ4v) is 1.99. The number of morpholine rings is 1. The lowest BCUT2D eigenvalue weighted by atomic mass is 9.96. The predicted molar refractivity (Wildman–Crippen MR) is 69.9 cm³/mol. The fourth-order valence-electron chi connectivity index (χ4n) is 1.99. The van der Waals surface area contributed by atoms with Crippen LogP contribution in [-0.4, -0.2) is 60.3 Å². The van der Waals surface area contributed by atoms with Crippen LogP contribution in [0.5, 0.6) is 0 Å². The van der Waals surface area contributed by atoms with Gasteiger partial charge in [0.2, 0.25) is 5.91 Å². The van der Waals surface area contributed by atoms with Crippen LogP contribution in [0.1, 0.15) is 13.8 Å². The summed E-state index contributed by atoms with van der Waals surface area (Å²) in [4.78, 5) is 35.6. The molecule has 0 aliphatic carbocycles. The number of nitrogens with one attached hydrogen (secondary N) is 1. The minimum atomic E-state index is -0.964. The molecule has 0 spiro atoms. The number of aliphatic carboxylic acids is 1. The van der Waals surface area contributed by atoms with Crippen molar-refractivity contribution in [3.63, 3.8) is 0 Å². The van der Waals surface area contributed by atoms with E-state index in [1.165, 1.54) is 4.90 Å². The van der Waals surface area contributed by atoms with Crippen LogP contribution in [0.25, 0.3) is 0 Å². The van der Waals surface area contributed by atoms with Gasteiger partial charge in [-0.3, -0.25) is 9.59 Å². The first kappa shape index (κ1) is 16.2.